The van der Waals surface area contributed by atoms with E-state index in [4.69, 9.17) is 28.1 Å². The van der Waals surface area contributed by atoms with Gasteiger partial charge in [-0.15, -0.1) is 23.5 Å². The molecule has 0 aliphatic carbocycles. The molecule has 3 atom stereocenters. The lowest BCUT2D eigenvalue weighted by Gasteiger charge is -2.45. The quantitative estimate of drug-likeness (QED) is 0.0720. The van der Waals surface area contributed by atoms with E-state index in [-0.39, 0.29) is 34.7 Å². The molecule has 0 spiro atoms. The number of benzene rings is 2. The molecule has 0 bridgehead atoms. The number of hydrogen-bond acceptors (Lipinski definition) is 9. The van der Waals surface area contributed by atoms with Gasteiger partial charge in [0.2, 0.25) is 0 Å². The summed E-state index contributed by atoms with van der Waals surface area (Å²) >= 11 is 3.91. The van der Waals surface area contributed by atoms with E-state index in [1.54, 1.807) is 7.11 Å². The van der Waals surface area contributed by atoms with Gasteiger partial charge in [0.1, 0.15) is 18.6 Å². The third kappa shape index (κ3) is 15.7. The Morgan fingerprint density at radius 3 is 2.00 bits per heavy atom. The van der Waals surface area contributed by atoms with Crippen LogP contribution in [0, 0.1) is 0 Å². The lowest BCUT2D eigenvalue weighted by Crippen LogP contribution is -2.51. The van der Waals surface area contributed by atoms with Gasteiger partial charge < -0.3 is 33.2 Å². The summed E-state index contributed by atoms with van der Waals surface area (Å²) < 4.78 is 37.3. The SMILES string of the molecule is COc1ccc(COC[C@H](O)CC2(C[C@@H](O[Si](C)(C)C(C)(C)C)[C@@H](COCc3ccccc3)OCOCC[Si](C)(C)C)SCCCS2)cc1. The van der Waals surface area contributed by atoms with Gasteiger partial charge in [0.05, 0.1) is 49.8 Å². The maximum atomic E-state index is 11.4. The van der Waals surface area contributed by atoms with Crippen LogP contribution in [0.3, 0.4) is 0 Å². The monoisotopic (exact) mass is 752 g/mol. The molecule has 11 heteroatoms. The van der Waals surface area contributed by atoms with Crippen LogP contribution in [-0.2, 0) is 36.6 Å². The minimum Gasteiger partial charge on any atom is -0.497 e. The zero-order valence-electron chi connectivity index (χ0n) is 31.6. The first-order valence-corrected chi connectivity index (χ1v) is 26.4. The van der Waals surface area contributed by atoms with Crippen LogP contribution in [0.4, 0.5) is 0 Å². The molecule has 2 aromatic rings. The van der Waals surface area contributed by atoms with Gasteiger partial charge in [-0.1, -0.05) is 82.9 Å². The van der Waals surface area contributed by atoms with E-state index in [1.165, 1.54) is 0 Å². The van der Waals surface area contributed by atoms with Crippen molar-refractivity contribution in [1.82, 2.24) is 0 Å². The molecule has 0 aromatic heterocycles. The Morgan fingerprint density at radius 1 is 0.796 bits per heavy atom. The Morgan fingerprint density at radius 2 is 1.41 bits per heavy atom. The van der Waals surface area contributed by atoms with Gasteiger partial charge in [-0.2, -0.15) is 0 Å². The molecule has 1 fully saturated rings. The summed E-state index contributed by atoms with van der Waals surface area (Å²) in [6.45, 7) is 21.0. The fourth-order valence-electron chi connectivity index (χ4n) is 5.20. The van der Waals surface area contributed by atoms with Gasteiger partial charge in [0, 0.05) is 14.7 Å². The molecule has 1 saturated heterocycles. The van der Waals surface area contributed by atoms with E-state index in [2.05, 4.69) is 65.6 Å². The van der Waals surface area contributed by atoms with Crippen LogP contribution in [0.5, 0.6) is 5.75 Å². The molecular formula is C38H64O7S2Si2. The standard InChI is InChI=1S/C38H64O7S2Si2/c1-37(2,3)49(8,9)45-35(36(44-30-41-20-23-48(5,6)7)29-43-26-31-14-11-10-12-15-31)25-38(46-21-13-22-47-38)24-33(39)28-42-27-32-16-18-34(40-4)19-17-32/h10-12,14-19,33,35-36,39H,13,20-30H2,1-9H3/t33-,35-,36-/m1/s1. The summed E-state index contributed by atoms with van der Waals surface area (Å²) in [7, 11) is -1.78. The molecule has 0 saturated carbocycles. The van der Waals surface area contributed by atoms with Crippen molar-refractivity contribution in [2.75, 3.05) is 45.2 Å². The van der Waals surface area contributed by atoms with Crippen LogP contribution in [0.25, 0.3) is 0 Å². The molecule has 1 aliphatic heterocycles. The molecule has 3 rings (SSSR count). The van der Waals surface area contributed by atoms with Gasteiger partial charge in [-0.05, 0) is 78.2 Å². The Hall–Kier alpha value is -0.866. The highest BCUT2D eigenvalue weighted by Gasteiger charge is 2.46. The number of ether oxygens (including phenoxy) is 5. The van der Waals surface area contributed by atoms with E-state index >= 15 is 0 Å². The topological polar surface area (TPSA) is 75.6 Å². The largest absolute Gasteiger partial charge is 0.497 e. The summed E-state index contributed by atoms with van der Waals surface area (Å²) in [6.07, 6.45) is 1.32. The normalized spacial score (nSPS) is 17.4. The van der Waals surface area contributed by atoms with Gasteiger partial charge in [-0.3, -0.25) is 0 Å². The maximum Gasteiger partial charge on any atom is 0.192 e. The lowest BCUT2D eigenvalue weighted by molar-refractivity contribution is -0.143. The van der Waals surface area contributed by atoms with E-state index < -0.39 is 22.5 Å². The zero-order chi connectivity index (χ0) is 36.0. The first kappa shape index (κ1) is 42.5. The Bertz CT molecular complexity index is 1180. The second-order valence-electron chi connectivity index (χ2n) is 15.8. The van der Waals surface area contributed by atoms with Gasteiger partial charge in [0.25, 0.3) is 0 Å². The molecule has 49 heavy (non-hydrogen) atoms. The number of rotatable bonds is 22. The van der Waals surface area contributed by atoms with Crippen molar-refractivity contribution in [2.45, 2.75) is 119 Å². The highest BCUT2D eigenvalue weighted by molar-refractivity contribution is 8.18. The van der Waals surface area contributed by atoms with Crippen LogP contribution in [0.15, 0.2) is 54.6 Å². The number of aliphatic hydroxyl groups is 1. The minimum absolute atomic E-state index is 0.0172. The van der Waals surface area contributed by atoms with E-state index in [0.29, 0.717) is 32.8 Å². The molecule has 278 valence electrons. The van der Waals surface area contributed by atoms with Gasteiger partial charge >= 0.3 is 0 Å². The summed E-state index contributed by atoms with van der Waals surface area (Å²) in [5.41, 5.74) is 2.18. The molecule has 7 nitrogen and oxygen atoms in total. The predicted octanol–water partition coefficient (Wildman–Crippen LogP) is 9.22. The van der Waals surface area contributed by atoms with Crippen molar-refractivity contribution in [2.24, 2.45) is 0 Å². The molecule has 0 radical (unpaired) electrons. The zero-order valence-corrected chi connectivity index (χ0v) is 35.3. The molecule has 1 aliphatic rings. The van der Waals surface area contributed by atoms with Crippen LogP contribution in [0.2, 0.25) is 43.8 Å². The molecule has 0 amide bonds. The average molecular weight is 753 g/mol. The van der Waals surface area contributed by atoms with E-state index in [0.717, 1.165) is 47.3 Å². The molecular weight excluding hydrogens is 689 g/mol. The molecule has 1 N–H and O–H groups in total. The highest BCUT2D eigenvalue weighted by atomic mass is 32.2. The fourth-order valence-corrected chi connectivity index (χ4v) is 10.8. The van der Waals surface area contributed by atoms with Crippen LogP contribution in [0.1, 0.15) is 51.2 Å². The summed E-state index contributed by atoms with van der Waals surface area (Å²) in [4.78, 5) is 0. The van der Waals surface area contributed by atoms with E-state index in [9.17, 15) is 5.11 Å². The average Bonchev–Trinajstić information content (AvgIpc) is 3.03. The van der Waals surface area contributed by atoms with Crippen molar-refractivity contribution in [1.29, 1.82) is 0 Å². The number of aliphatic hydroxyl groups excluding tert-OH is 1. The van der Waals surface area contributed by atoms with Crippen LogP contribution < -0.4 is 4.74 Å². The smallest absolute Gasteiger partial charge is 0.192 e. The summed E-state index contributed by atoms with van der Waals surface area (Å²) in [5, 5.41) is 11.4. The van der Waals surface area contributed by atoms with Crippen molar-refractivity contribution in [3.05, 3.63) is 65.7 Å². The second kappa shape index (κ2) is 20.4. The molecule has 0 unspecified atom stereocenters. The fraction of sp³-hybridized carbons (Fsp3) is 0.684. The van der Waals surface area contributed by atoms with Crippen molar-refractivity contribution < 1.29 is 33.2 Å². The van der Waals surface area contributed by atoms with Crippen molar-refractivity contribution >= 4 is 39.9 Å². The number of methoxy groups -OCH3 is 1. The lowest BCUT2D eigenvalue weighted by atomic mass is 10.0. The predicted molar refractivity (Wildman–Crippen MR) is 212 cm³/mol. The van der Waals surface area contributed by atoms with Crippen LogP contribution in [-0.4, -0.2) is 89.1 Å². The number of hydrogen-bond donors (Lipinski definition) is 1. The van der Waals surface area contributed by atoms with E-state index in [1.807, 2.05) is 66.0 Å². The summed E-state index contributed by atoms with van der Waals surface area (Å²) in [6, 6.07) is 19.2. The first-order chi connectivity index (χ1) is 23.1. The first-order valence-electron chi connectivity index (χ1n) is 17.8. The van der Waals surface area contributed by atoms with Crippen LogP contribution >= 0.6 is 23.5 Å². The molecule has 2 aromatic carbocycles. The number of thioether (sulfide) groups is 2. The second-order valence-corrected chi connectivity index (χ2v) is 29.4. The molecule has 1 heterocycles. The Labute approximate surface area is 308 Å². The summed E-state index contributed by atoms with van der Waals surface area (Å²) in [5.74, 6) is 2.92. The third-order valence-electron chi connectivity index (χ3n) is 9.24. The maximum absolute atomic E-state index is 11.4. The van der Waals surface area contributed by atoms with Crippen molar-refractivity contribution in [3.63, 3.8) is 0 Å². The van der Waals surface area contributed by atoms with Gasteiger partial charge in [-0.25, -0.2) is 0 Å². The highest BCUT2D eigenvalue weighted by Crippen LogP contribution is 2.50. The minimum atomic E-state index is -2.22. The Kier molecular flexibility index (Phi) is 17.7. The Balaban J connectivity index is 1.79. The van der Waals surface area contributed by atoms with Gasteiger partial charge in [0.15, 0.2) is 8.32 Å². The van der Waals surface area contributed by atoms with Crippen molar-refractivity contribution in [3.8, 4) is 5.75 Å². The third-order valence-corrected chi connectivity index (χ3v) is 18.9.